The maximum Gasteiger partial charge on any atom is 0.244 e. The summed E-state index contributed by atoms with van der Waals surface area (Å²) in [4.78, 5) is 11.6. The van der Waals surface area contributed by atoms with Gasteiger partial charge in [0.15, 0.2) is 0 Å². The molecule has 6 heteroatoms. The first-order valence-corrected chi connectivity index (χ1v) is 5.45. The maximum atomic E-state index is 10.8. The van der Waals surface area contributed by atoms with Crippen LogP contribution in [0.25, 0.3) is 0 Å². The molecule has 0 saturated carbocycles. The van der Waals surface area contributed by atoms with E-state index in [4.69, 9.17) is 29.0 Å². The zero-order valence-electron chi connectivity index (χ0n) is 7.09. The Morgan fingerprint density at radius 2 is 2.21 bits per heavy atom. The molecular formula is C8H8Cl2N2OS. The summed E-state index contributed by atoms with van der Waals surface area (Å²) in [6.45, 7) is 0. The van der Waals surface area contributed by atoms with Crippen LogP contribution in [0, 0.1) is 0 Å². The van der Waals surface area contributed by atoms with Crippen molar-refractivity contribution in [2.24, 2.45) is 5.84 Å². The molecular weight excluding hydrogens is 243 g/mol. The van der Waals surface area contributed by atoms with Crippen LogP contribution in [-0.4, -0.2) is 11.7 Å². The molecule has 14 heavy (non-hydrogen) atoms. The van der Waals surface area contributed by atoms with Gasteiger partial charge < -0.3 is 0 Å². The van der Waals surface area contributed by atoms with E-state index in [1.165, 1.54) is 11.8 Å². The first-order valence-electron chi connectivity index (χ1n) is 3.71. The Hall–Kier alpha value is -0.420. The predicted molar refractivity (Wildman–Crippen MR) is 59.5 cm³/mol. The molecule has 1 amide bonds. The molecule has 3 N–H and O–H groups in total. The Morgan fingerprint density at radius 1 is 1.50 bits per heavy atom. The van der Waals surface area contributed by atoms with E-state index in [0.29, 0.717) is 10.0 Å². The van der Waals surface area contributed by atoms with Gasteiger partial charge in [-0.25, -0.2) is 5.84 Å². The highest BCUT2D eigenvalue weighted by Crippen LogP contribution is 2.29. The van der Waals surface area contributed by atoms with Crippen LogP contribution in [0.3, 0.4) is 0 Å². The van der Waals surface area contributed by atoms with Crippen LogP contribution in [0.1, 0.15) is 0 Å². The van der Waals surface area contributed by atoms with Gasteiger partial charge >= 0.3 is 0 Å². The molecule has 0 spiro atoms. The second-order valence-corrected chi connectivity index (χ2v) is 4.29. The Labute approximate surface area is 95.9 Å². The highest BCUT2D eigenvalue weighted by atomic mass is 35.5. The third-order valence-electron chi connectivity index (χ3n) is 1.41. The minimum atomic E-state index is -0.258. The molecule has 1 aromatic rings. The number of hydrazine groups is 1. The zero-order valence-corrected chi connectivity index (χ0v) is 9.42. The van der Waals surface area contributed by atoms with Crippen LogP contribution in [0.4, 0.5) is 0 Å². The Bertz CT molecular complexity index is 346. The molecule has 76 valence electrons. The summed E-state index contributed by atoms with van der Waals surface area (Å²) in [6.07, 6.45) is 0. The molecule has 0 heterocycles. The Balaban J connectivity index is 2.66. The summed E-state index contributed by atoms with van der Waals surface area (Å²) in [6, 6.07) is 5.09. The van der Waals surface area contributed by atoms with E-state index in [9.17, 15) is 4.79 Å². The lowest BCUT2D eigenvalue weighted by molar-refractivity contribution is -0.118. The van der Waals surface area contributed by atoms with Crippen molar-refractivity contribution in [3.8, 4) is 0 Å². The molecule has 1 aromatic carbocycles. The average Bonchev–Trinajstić information content (AvgIpc) is 2.19. The minimum absolute atomic E-state index is 0.219. The molecule has 0 bridgehead atoms. The number of thioether (sulfide) groups is 1. The van der Waals surface area contributed by atoms with Crippen molar-refractivity contribution >= 4 is 40.9 Å². The summed E-state index contributed by atoms with van der Waals surface area (Å²) in [5.41, 5.74) is 2.03. The molecule has 0 aliphatic heterocycles. The van der Waals surface area contributed by atoms with Crippen LogP contribution >= 0.6 is 35.0 Å². The second kappa shape index (κ2) is 5.46. The molecule has 0 saturated heterocycles. The lowest BCUT2D eigenvalue weighted by Crippen LogP contribution is -2.31. The van der Waals surface area contributed by atoms with Crippen LogP contribution in [0.5, 0.6) is 0 Å². The van der Waals surface area contributed by atoms with Gasteiger partial charge in [-0.15, -0.1) is 11.8 Å². The number of halogens is 2. The second-order valence-electron chi connectivity index (χ2n) is 2.43. The number of hydrogen-bond acceptors (Lipinski definition) is 3. The van der Waals surface area contributed by atoms with Crippen molar-refractivity contribution < 1.29 is 4.79 Å². The van der Waals surface area contributed by atoms with E-state index >= 15 is 0 Å². The van der Waals surface area contributed by atoms with Gasteiger partial charge in [0.1, 0.15) is 0 Å². The van der Waals surface area contributed by atoms with Crippen molar-refractivity contribution in [1.82, 2.24) is 5.43 Å². The van der Waals surface area contributed by atoms with E-state index in [0.717, 1.165) is 4.90 Å². The molecule has 0 aliphatic rings. The van der Waals surface area contributed by atoms with Gasteiger partial charge in [-0.2, -0.15) is 0 Å². The van der Waals surface area contributed by atoms with E-state index < -0.39 is 0 Å². The SMILES string of the molecule is NNC(=O)CSc1cc(Cl)ccc1Cl. The molecule has 0 aliphatic carbocycles. The fraction of sp³-hybridized carbons (Fsp3) is 0.125. The standard InChI is InChI=1S/C8H8Cl2N2OS/c9-5-1-2-6(10)7(3-5)14-4-8(13)12-11/h1-3H,4,11H2,(H,12,13). The highest BCUT2D eigenvalue weighted by Gasteiger charge is 2.05. The van der Waals surface area contributed by atoms with Gasteiger partial charge in [0.2, 0.25) is 5.91 Å². The Kier molecular flexibility index (Phi) is 4.54. The largest absolute Gasteiger partial charge is 0.294 e. The number of nitrogens with one attached hydrogen (secondary N) is 1. The van der Waals surface area contributed by atoms with E-state index in [-0.39, 0.29) is 11.7 Å². The van der Waals surface area contributed by atoms with E-state index in [1.807, 2.05) is 5.43 Å². The average molecular weight is 251 g/mol. The molecule has 0 radical (unpaired) electrons. The topological polar surface area (TPSA) is 55.1 Å². The molecule has 0 unspecified atom stereocenters. The number of nitrogens with two attached hydrogens (primary N) is 1. The summed E-state index contributed by atoms with van der Waals surface area (Å²) < 4.78 is 0. The number of amides is 1. The van der Waals surface area contributed by atoms with Crippen LogP contribution < -0.4 is 11.3 Å². The number of benzene rings is 1. The lowest BCUT2D eigenvalue weighted by atomic mass is 10.4. The molecule has 0 aromatic heterocycles. The predicted octanol–water partition coefficient (Wildman–Crippen LogP) is 2.08. The van der Waals surface area contributed by atoms with Crippen molar-refractivity contribution in [1.29, 1.82) is 0 Å². The van der Waals surface area contributed by atoms with Gasteiger partial charge in [0.05, 0.1) is 10.8 Å². The maximum absolute atomic E-state index is 10.8. The fourth-order valence-corrected chi connectivity index (χ4v) is 2.08. The lowest BCUT2D eigenvalue weighted by Gasteiger charge is -2.03. The zero-order chi connectivity index (χ0) is 10.6. The summed E-state index contributed by atoms with van der Waals surface area (Å²) in [5, 5.41) is 1.16. The molecule has 1 rings (SSSR count). The highest BCUT2D eigenvalue weighted by molar-refractivity contribution is 8.00. The van der Waals surface area contributed by atoms with Crippen LogP contribution in [-0.2, 0) is 4.79 Å². The number of hydrogen-bond donors (Lipinski definition) is 2. The quantitative estimate of drug-likeness (QED) is 0.374. The molecule has 0 atom stereocenters. The van der Waals surface area contributed by atoms with Crippen molar-refractivity contribution in [2.75, 3.05) is 5.75 Å². The molecule has 0 fully saturated rings. The molecule has 3 nitrogen and oxygen atoms in total. The third-order valence-corrected chi connectivity index (χ3v) is 3.15. The minimum Gasteiger partial charge on any atom is -0.294 e. The first-order chi connectivity index (χ1) is 6.63. The first kappa shape index (κ1) is 11.7. The van der Waals surface area contributed by atoms with Crippen molar-refractivity contribution in [3.63, 3.8) is 0 Å². The van der Waals surface area contributed by atoms with Crippen LogP contribution in [0.15, 0.2) is 23.1 Å². The normalized spacial score (nSPS) is 9.93. The van der Waals surface area contributed by atoms with Gasteiger partial charge in [-0.05, 0) is 18.2 Å². The van der Waals surface area contributed by atoms with Gasteiger partial charge in [0, 0.05) is 9.92 Å². The summed E-state index contributed by atoms with van der Waals surface area (Å²) >= 11 is 12.9. The van der Waals surface area contributed by atoms with Gasteiger partial charge in [-0.1, -0.05) is 23.2 Å². The van der Waals surface area contributed by atoms with Crippen molar-refractivity contribution in [2.45, 2.75) is 4.90 Å². The van der Waals surface area contributed by atoms with Crippen LogP contribution in [0.2, 0.25) is 10.0 Å². The van der Waals surface area contributed by atoms with E-state index in [1.54, 1.807) is 18.2 Å². The number of carbonyl (C=O) groups is 1. The fourth-order valence-electron chi connectivity index (χ4n) is 0.773. The number of rotatable bonds is 3. The summed E-state index contributed by atoms with van der Waals surface area (Å²) in [7, 11) is 0. The van der Waals surface area contributed by atoms with E-state index in [2.05, 4.69) is 0 Å². The number of carbonyl (C=O) groups excluding carboxylic acids is 1. The third kappa shape index (κ3) is 3.38. The van der Waals surface area contributed by atoms with Gasteiger partial charge in [-0.3, -0.25) is 10.2 Å². The van der Waals surface area contributed by atoms with Gasteiger partial charge in [0.25, 0.3) is 0 Å². The monoisotopic (exact) mass is 250 g/mol. The van der Waals surface area contributed by atoms with Crippen molar-refractivity contribution in [3.05, 3.63) is 28.2 Å². The summed E-state index contributed by atoms with van der Waals surface area (Å²) in [5.74, 6) is 4.89. The smallest absolute Gasteiger partial charge is 0.244 e. The Morgan fingerprint density at radius 3 is 2.86 bits per heavy atom.